The lowest BCUT2D eigenvalue weighted by Crippen LogP contribution is -2.41. The van der Waals surface area contributed by atoms with Gasteiger partial charge in [-0.15, -0.1) is 10.2 Å². The molecule has 23 heavy (non-hydrogen) atoms. The molecule has 1 aromatic carbocycles. The number of benzene rings is 1. The van der Waals surface area contributed by atoms with Gasteiger partial charge in [-0.25, -0.2) is 0 Å². The smallest absolute Gasteiger partial charge is 0.230 e. The van der Waals surface area contributed by atoms with E-state index < -0.39 is 0 Å². The van der Waals surface area contributed by atoms with E-state index in [1.54, 1.807) is 0 Å². The van der Waals surface area contributed by atoms with Crippen molar-refractivity contribution in [1.82, 2.24) is 20.1 Å². The highest BCUT2D eigenvalue weighted by Gasteiger charge is 2.17. The van der Waals surface area contributed by atoms with Crippen LogP contribution in [0.4, 0.5) is 0 Å². The van der Waals surface area contributed by atoms with E-state index in [1.807, 2.05) is 56.5 Å². The number of halogens is 1. The van der Waals surface area contributed by atoms with E-state index in [0.717, 1.165) is 23.1 Å². The summed E-state index contributed by atoms with van der Waals surface area (Å²) >= 11 is 7.43. The standard InChI is InChI=1S/C16H21ClN4OS/c1-5-21-14(11-7-6-8-12(17)9-11)19-20-15(21)23-10-13(22)18-16(2,3)4/h6-9H,5,10H2,1-4H3,(H,18,22). The average molecular weight is 353 g/mol. The Balaban J connectivity index is 2.14. The minimum atomic E-state index is -0.234. The summed E-state index contributed by atoms with van der Waals surface area (Å²) in [6, 6.07) is 7.52. The molecule has 0 atom stereocenters. The second kappa shape index (κ2) is 7.36. The van der Waals surface area contributed by atoms with Crippen molar-refractivity contribution in [2.45, 2.75) is 44.9 Å². The molecule has 2 aromatic rings. The molecule has 0 radical (unpaired) electrons. The average Bonchev–Trinajstić information content (AvgIpc) is 2.86. The monoisotopic (exact) mass is 352 g/mol. The number of carbonyl (C=O) groups excluding carboxylic acids is 1. The van der Waals surface area contributed by atoms with Crippen LogP contribution in [0.3, 0.4) is 0 Å². The highest BCUT2D eigenvalue weighted by Crippen LogP contribution is 2.25. The van der Waals surface area contributed by atoms with E-state index in [1.165, 1.54) is 11.8 Å². The number of nitrogens with one attached hydrogen (secondary N) is 1. The Labute approximate surface area is 145 Å². The third-order valence-corrected chi connectivity index (χ3v) is 4.16. The zero-order valence-electron chi connectivity index (χ0n) is 13.8. The van der Waals surface area contributed by atoms with Crippen LogP contribution in [0.2, 0.25) is 5.02 Å². The number of amides is 1. The molecule has 0 fully saturated rings. The lowest BCUT2D eigenvalue weighted by molar-refractivity contribution is -0.119. The van der Waals surface area contributed by atoms with Crippen molar-refractivity contribution in [2.24, 2.45) is 0 Å². The Morgan fingerprint density at radius 3 is 2.70 bits per heavy atom. The van der Waals surface area contributed by atoms with Crippen LogP contribution in [0, 0.1) is 0 Å². The number of nitrogens with zero attached hydrogens (tertiary/aromatic N) is 3. The minimum Gasteiger partial charge on any atom is -0.351 e. The maximum Gasteiger partial charge on any atom is 0.230 e. The van der Waals surface area contributed by atoms with Crippen molar-refractivity contribution in [2.75, 3.05) is 5.75 Å². The molecule has 0 aliphatic rings. The second-order valence-corrected chi connectivity index (χ2v) is 7.53. The molecule has 2 rings (SSSR count). The SMILES string of the molecule is CCn1c(SCC(=O)NC(C)(C)C)nnc1-c1cccc(Cl)c1. The lowest BCUT2D eigenvalue weighted by atomic mass is 10.1. The third-order valence-electron chi connectivity index (χ3n) is 2.96. The van der Waals surface area contributed by atoms with Crippen LogP contribution >= 0.6 is 23.4 Å². The molecule has 1 heterocycles. The van der Waals surface area contributed by atoms with Crippen LogP contribution in [0.15, 0.2) is 29.4 Å². The number of carbonyl (C=O) groups is 1. The highest BCUT2D eigenvalue weighted by molar-refractivity contribution is 7.99. The van der Waals surface area contributed by atoms with Gasteiger partial charge in [0.25, 0.3) is 0 Å². The highest BCUT2D eigenvalue weighted by atomic mass is 35.5. The van der Waals surface area contributed by atoms with E-state index in [0.29, 0.717) is 10.8 Å². The fourth-order valence-electron chi connectivity index (χ4n) is 2.11. The summed E-state index contributed by atoms with van der Waals surface area (Å²) < 4.78 is 1.99. The maximum absolute atomic E-state index is 11.9. The van der Waals surface area contributed by atoms with Gasteiger partial charge in [-0.3, -0.25) is 4.79 Å². The number of rotatable bonds is 5. The van der Waals surface area contributed by atoms with Crippen molar-refractivity contribution in [1.29, 1.82) is 0 Å². The summed E-state index contributed by atoms with van der Waals surface area (Å²) in [6.07, 6.45) is 0. The molecule has 0 saturated carbocycles. The molecular formula is C16H21ClN4OS. The number of hydrogen-bond acceptors (Lipinski definition) is 4. The van der Waals surface area contributed by atoms with Gasteiger partial charge in [0.2, 0.25) is 5.91 Å². The van der Waals surface area contributed by atoms with Gasteiger partial charge in [-0.05, 0) is 39.8 Å². The minimum absolute atomic E-state index is 0.0162. The molecule has 1 amide bonds. The van der Waals surface area contributed by atoms with Gasteiger partial charge in [0, 0.05) is 22.7 Å². The molecule has 0 bridgehead atoms. The van der Waals surface area contributed by atoms with Crippen LogP contribution in [-0.2, 0) is 11.3 Å². The van der Waals surface area contributed by atoms with Gasteiger partial charge in [-0.1, -0.05) is 35.5 Å². The molecule has 5 nitrogen and oxygen atoms in total. The van der Waals surface area contributed by atoms with E-state index in [2.05, 4.69) is 15.5 Å². The molecule has 124 valence electrons. The number of hydrogen-bond donors (Lipinski definition) is 1. The normalized spacial score (nSPS) is 11.5. The van der Waals surface area contributed by atoms with E-state index in [-0.39, 0.29) is 11.4 Å². The first-order valence-electron chi connectivity index (χ1n) is 7.43. The summed E-state index contributed by atoms with van der Waals surface area (Å²) in [5.74, 6) is 1.05. The zero-order chi connectivity index (χ0) is 17.0. The Morgan fingerprint density at radius 1 is 1.35 bits per heavy atom. The fourth-order valence-corrected chi connectivity index (χ4v) is 3.10. The summed E-state index contributed by atoms with van der Waals surface area (Å²) in [4.78, 5) is 11.9. The zero-order valence-corrected chi connectivity index (χ0v) is 15.3. The van der Waals surface area contributed by atoms with Gasteiger partial charge >= 0.3 is 0 Å². The Kier molecular flexibility index (Phi) is 5.70. The van der Waals surface area contributed by atoms with Crippen LogP contribution in [0.5, 0.6) is 0 Å². The van der Waals surface area contributed by atoms with Crippen LogP contribution in [-0.4, -0.2) is 32.0 Å². The van der Waals surface area contributed by atoms with Crippen molar-refractivity contribution >= 4 is 29.3 Å². The van der Waals surface area contributed by atoms with Crippen molar-refractivity contribution in [3.63, 3.8) is 0 Å². The molecule has 0 aliphatic heterocycles. The first-order chi connectivity index (χ1) is 10.8. The van der Waals surface area contributed by atoms with Crippen LogP contribution < -0.4 is 5.32 Å². The first kappa shape index (κ1) is 17.8. The van der Waals surface area contributed by atoms with Crippen LogP contribution in [0.25, 0.3) is 11.4 Å². The number of thioether (sulfide) groups is 1. The predicted octanol–water partition coefficient (Wildman–Crippen LogP) is 3.63. The van der Waals surface area contributed by atoms with Gasteiger partial charge in [0.15, 0.2) is 11.0 Å². The van der Waals surface area contributed by atoms with Gasteiger partial charge in [0.1, 0.15) is 0 Å². The summed E-state index contributed by atoms with van der Waals surface area (Å²) in [6.45, 7) is 8.62. The Hall–Kier alpha value is -1.53. The maximum atomic E-state index is 11.9. The third kappa shape index (κ3) is 4.97. The molecular weight excluding hydrogens is 332 g/mol. The summed E-state index contributed by atoms with van der Waals surface area (Å²) in [7, 11) is 0. The topological polar surface area (TPSA) is 59.8 Å². The van der Waals surface area contributed by atoms with E-state index in [9.17, 15) is 4.79 Å². The van der Waals surface area contributed by atoms with E-state index in [4.69, 9.17) is 11.6 Å². The van der Waals surface area contributed by atoms with Gasteiger partial charge in [-0.2, -0.15) is 0 Å². The fraction of sp³-hybridized carbons (Fsp3) is 0.438. The van der Waals surface area contributed by atoms with Gasteiger partial charge < -0.3 is 9.88 Å². The molecule has 0 unspecified atom stereocenters. The Bertz CT molecular complexity index is 694. The second-order valence-electron chi connectivity index (χ2n) is 6.15. The molecule has 7 heteroatoms. The van der Waals surface area contributed by atoms with Crippen molar-refractivity contribution in [3.8, 4) is 11.4 Å². The predicted molar refractivity (Wildman–Crippen MR) is 94.8 cm³/mol. The van der Waals surface area contributed by atoms with Crippen molar-refractivity contribution in [3.05, 3.63) is 29.3 Å². The molecule has 0 spiro atoms. The summed E-state index contributed by atoms with van der Waals surface area (Å²) in [5.41, 5.74) is 0.681. The van der Waals surface area contributed by atoms with E-state index >= 15 is 0 Å². The Morgan fingerprint density at radius 2 is 2.09 bits per heavy atom. The lowest BCUT2D eigenvalue weighted by Gasteiger charge is -2.20. The largest absolute Gasteiger partial charge is 0.351 e. The summed E-state index contributed by atoms with van der Waals surface area (Å²) in [5, 5.41) is 12.8. The van der Waals surface area contributed by atoms with Crippen LogP contribution in [0.1, 0.15) is 27.7 Å². The quantitative estimate of drug-likeness (QED) is 0.835. The first-order valence-corrected chi connectivity index (χ1v) is 8.79. The molecule has 1 N–H and O–H groups in total. The number of aromatic nitrogens is 3. The molecule has 0 aliphatic carbocycles. The van der Waals surface area contributed by atoms with Gasteiger partial charge in [0.05, 0.1) is 5.75 Å². The van der Waals surface area contributed by atoms with Crippen molar-refractivity contribution < 1.29 is 4.79 Å². The molecule has 0 saturated heterocycles. The molecule has 1 aromatic heterocycles.